The molecule has 1 fully saturated rings. The van der Waals surface area contributed by atoms with Crippen LogP contribution in [0.5, 0.6) is 0 Å². The molecule has 1 aliphatic rings. The third-order valence-electron chi connectivity index (χ3n) is 5.31. The van der Waals surface area contributed by atoms with Crippen molar-refractivity contribution in [2.75, 3.05) is 12.4 Å². The minimum Gasteiger partial charge on any atom is -0.298 e. The summed E-state index contributed by atoms with van der Waals surface area (Å²) in [5, 5.41) is 0. The molecule has 3 unspecified atom stereocenters. The van der Waals surface area contributed by atoms with Gasteiger partial charge in [0.05, 0.1) is 0 Å². The van der Waals surface area contributed by atoms with Gasteiger partial charge in [-0.25, -0.2) is 0 Å². The Balaban J connectivity index is 1.93. The third-order valence-corrected chi connectivity index (χ3v) is 5.98. The summed E-state index contributed by atoms with van der Waals surface area (Å²) in [4.78, 5) is 2.69. The summed E-state index contributed by atoms with van der Waals surface area (Å²) >= 11 is 6.07. The average molecular weight is 322 g/mol. The van der Waals surface area contributed by atoms with Gasteiger partial charge >= 0.3 is 0 Å². The molecule has 0 spiro atoms. The van der Waals surface area contributed by atoms with Crippen LogP contribution in [0, 0.1) is 5.92 Å². The Hall–Kier alpha value is -0.530. The predicted octanol–water partition coefficient (Wildman–Crippen LogP) is 5.25. The first-order valence-corrected chi connectivity index (χ1v) is 9.28. The van der Waals surface area contributed by atoms with Gasteiger partial charge in [0.25, 0.3) is 0 Å². The molecular formula is C20H32ClN. The third kappa shape index (κ3) is 4.26. The van der Waals surface area contributed by atoms with E-state index < -0.39 is 0 Å². The van der Waals surface area contributed by atoms with Crippen LogP contribution in [0.1, 0.15) is 58.6 Å². The minimum atomic E-state index is 0.0616. The summed E-state index contributed by atoms with van der Waals surface area (Å²) < 4.78 is 0. The van der Waals surface area contributed by atoms with E-state index >= 15 is 0 Å². The van der Waals surface area contributed by atoms with E-state index in [1.54, 1.807) is 0 Å². The quantitative estimate of drug-likeness (QED) is 0.646. The van der Waals surface area contributed by atoms with Gasteiger partial charge in [-0.1, -0.05) is 45.0 Å². The standard InChI is InChI=1S/C20H32ClN/c1-15(13-22-16(2)6-7-17(22)3)12-18-8-10-19(11-9-18)20(4,5)14-21/h8-11,15-17H,6-7,12-14H2,1-5H3. The van der Waals surface area contributed by atoms with Crippen LogP contribution in [0.2, 0.25) is 0 Å². The molecule has 0 saturated carbocycles. The highest BCUT2D eigenvalue weighted by Crippen LogP contribution is 2.27. The highest BCUT2D eigenvalue weighted by molar-refractivity contribution is 6.18. The molecule has 1 aliphatic heterocycles. The van der Waals surface area contributed by atoms with Gasteiger partial charge < -0.3 is 0 Å². The molecular weight excluding hydrogens is 290 g/mol. The van der Waals surface area contributed by atoms with Crippen molar-refractivity contribution in [3.63, 3.8) is 0 Å². The van der Waals surface area contributed by atoms with Crippen molar-refractivity contribution in [1.82, 2.24) is 4.90 Å². The summed E-state index contributed by atoms with van der Waals surface area (Å²) in [6, 6.07) is 10.6. The Kier molecular flexibility index (Phi) is 5.96. The molecule has 0 bridgehead atoms. The average Bonchev–Trinajstić information content (AvgIpc) is 2.79. The SMILES string of the molecule is CC(Cc1ccc(C(C)(C)CCl)cc1)CN1C(C)CCC1C. The molecule has 3 atom stereocenters. The van der Waals surface area contributed by atoms with Crippen LogP contribution in [0.25, 0.3) is 0 Å². The van der Waals surface area contributed by atoms with E-state index in [1.807, 2.05) is 0 Å². The van der Waals surface area contributed by atoms with Crippen LogP contribution in [0.4, 0.5) is 0 Å². The van der Waals surface area contributed by atoms with E-state index in [1.165, 1.54) is 30.5 Å². The van der Waals surface area contributed by atoms with Gasteiger partial charge in [0.1, 0.15) is 0 Å². The van der Waals surface area contributed by atoms with Crippen molar-refractivity contribution in [3.05, 3.63) is 35.4 Å². The molecule has 0 N–H and O–H groups in total. The molecule has 0 amide bonds. The first-order chi connectivity index (χ1) is 10.3. The van der Waals surface area contributed by atoms with Gasteiger partial charge in [-0.3, -0.25) is 4.90 Å². The highest BCUT2D eigenvalue weighted by atomic mass is 35.5. The number of nitrogens with zero attached hydrogens (tertiary/aromatic N) is 1. The fourth-order valence-electron chi connectivity index (χ4n) is 3.60. The van der Waals surface area contributed by atoms with Crippen molar-refractivity contribution >= 4 is 11.6 Å². The predicted molar refractivity (Wildman–Crippen MR) is 97.9 cm³/mol. The lowest BCUT2D eigenvalue weighted by atomic mass is 9.86. The van der Waals surface area contributed by atoms with E-state index in [-0.39, 0.29) is 5.41 Å². The van der Waals surface area contributed by atoms with Crippen LogP contribution in [0.3, 0.4) is 0 Å². The monoisotopic (exact) mass is 321 g/mol. The fourth-order valence-corrected chi connectivity index (χ4v) is 3.76. The van der Waals surface area contributed by atoms with E-state index in [4.69, 9.17) is 11.6 Å². The number of hydrogen-bond donors (Lipinski definition) is 0. The van der Waals surface area contributed by atoms with Gasteiger partial charge in [0.2, 0.25) is 0 Å². The molecule has 22 heavy (non-hydrogen) atoms. The second kappa shape index (κ2) is 7.36. The lowest BCUT2D eigenvalue weighted by Gasteiger charge is -2.29. The zero-order valence-electron chi connectivity index (χ0n) is 14.9. The van der Waals surface area contributed by atoms with E-state index in [0.717, 1.165) is 18.5 Å². The molecule has 2 heteroatoms. The minimum absolute atomic E-state index is 0.0616. The maximum Gasteiger partial charge on any atom is 0.0315 e. The molecule has 0 aromatic heterocycles. The molecule has 1 aromatic rings. The summed E-state index contributed by atoms with van der Waals surface area (Å²) in [5.41, 5.74) is 2.84. The second-order valence-corrected chi connectivity index (χ2v) is 8.26. The first-order valence-electron chi connectivity index (χ1n) is 8.74. The van der Waals surface area contributed by atoms with Gasteiger partial charge in [-0.05, 0) is 50.2 Å². The Labute approximate surface area is 142 Å². The number of alkyl halides is 1. The molecule has 2 rings (SSSR count). The van der Waals surface area contributed by atoms with Crippen molar-refractivity contribution in [1.29, 1.82) is 0 Å². The van der Waals surface area contributed by atoms with Gasteiger partial charge in [0.15, 0.2) is 0 Å². The Bertz CT molecular complexity index is 455. The number of hydrogen-bond acceptors (Lipinski definition) is 1. The van der Waals surface area contributed by atoms with E-state index in [9.17, 15) is 0 Å². The zero-order valence-corrected chi connectivity index (χ0v) is 15.7. The van der Waals surface area contributed by atoms with E-state index in [2.05, 4.69) is 63.8 Å². The summed E-state index contributed by atoms with van der Waals surface area (Å²) in [6.45, 7) is 12.8. The largest absolute Gasteiger partial charge is 0.298 e. The van der Waals surface area contributed by atoms with Crippen molar-refractivity contribution in [2.45, 2.75) is 71.4 Å². The van der Waals surface area contributed by atoms with Crippen LogP contribution >= 0.6 is 11.6 Å². The van der Waals surface area contributed by atoms with Gasteiger partial charge in [-0.2, -0.15) is 0 Å². The Morgan fingerprint density at radius 3 is 2.18 bits per heavy atom. The fraction of sp³-hybridized carbons (Fsp3) is 0.700. The molecule has 124 valence electrons. The van der Waals surface area contributed by atoms with Crippen molar-refractivity contribution in [3.8, 4) is 0 Å². The summed E-state index contributed by atoms with van der Waals surface area (Å²) in [5.74, 6) is 1.36. The van der Waals surface area contributed by atoms with Gasteiger partial charge in [-0.15, -0.1) is 11.6 Å². The van der Waals surface area contributed by atoms with Crippen molar-refractivity contribution in [2.24, 2.45) is 5.92 Å². The highest BCUT2D eigenvalue weighted by Gasteiger charge is 2.28. The molecule has 1 aromatic carbocycles. The topological polar surface area (TPSA) is 3.24 Å². The van der Waals surface area contributed by atoms with E-state index in [0.29, 0.717) is 11.8 Å². The molecule has 0 radical (unpaired) electrons. The number of benzene rings is 1. The maximum absolute atomic E-state index is 6.07. The Morgan fingerprint density at radius 1 is 1.14 bits per heavy atom. The number of halogens is 1. The number of likely N-dealkylation sites (tertiary alicyclic amines) is 1. The lowest BCUT2D eigenvalue weighted by Crippen LogP contribution is -2.36. The maximum atomic E-state index is 6.07. The van der Waals surface area contributed by atoms with Crippen LogP contribution in [-0.4, -0.2) is 29.4 Å². The first kappa shape index (κ1) is 17.8. The second-order valence-electron chi connectivity index (χ2n) is 8.00. The molecule has 0 aliphatic carbocycles. The van der Waals surface area contributed by atoms with Crippen molar-refractivity contribution < 1.29 is 0 Å². The summed E-state index contributed by atoms with van der Waals surface area (Å²) in [7, 11) is 0. The van der Waals surface area contributed by atoms with Gasteiger partial charge in [0, 0.05) is 29.9 Å². The summed E-state index contributed by atoms with van der Waals surface area (Å²) in [6.07, 6.45) is 3.88. The Morgan fingerprint density at radius 2 is 1.68 bits per heavy atom. The molecule has 1 saturated heterocycles. The lowest BCUT2D eigenvalue weighted by molar-refractivity contribution is 0.184. The zero-order chi connectivity index (χ0) is 16.3. The van der Waals surface area contributed by atoms with Crippen LogP contribution in [0.15, 0.2) is 24.3 Å². The number of rotatable bonds is 6. The smallest absolute Gasteiger partial charge is 0.0315 e. The molecule has 1 heterocycles. The normalized spacial score (nSPS) is 24.6. The van der Waals surface area contributed by atoms with Crippen LogP contribution in [-0.2, 0) is 11.8 Å². The van der Waals surface area contributed by atoms with Crippen LogP contribution < -0.4 is 0 Å². The molecule has 1 nitrogen and oxygen atoms in total.